The van der Waals surface area contributed by atoms with Crippen LogP contribution in [0.4, 0.5) is 9.18 Å². The molecular formula is C20H28FN5O2. The number of hydrogen-bond acceptors (Lipinski definition) is 4. The van der Waals surface area contributed by atoms with E-state index in [1.165, 1.54) is 6.07 Å². The van der Waals surface area contributed by atoms with E-state index >= 15 is 0 Å². The standard InChI is InChI=1S/C20H28FN5O2/c1-20(2,26-10-12-28-13-11-26)14-23-19(27)24-17(18-22-8-9-25(18)3)15-6-4-5-7-16(15)21/h4-9,17H,10-14H2,1-3H3,(H2,23,24,27). The van der Waals surface area contributed by atoms with Crippen molar-refractivity contribution >= 4 is 6.03 Å². The Morgan fingerprint density at radius 1 is 1.32 bits per heavy atom. The number of halogens is 1. The zero-order valence-corrected chi connectivity index (χ0v) is 16.6. The molecule has 0 saturated carbocycles. The molecule has 1 aromatic heterocycles. The van der Waals surface area contributed by atoms with Crippen molar-refractivity contribution in [1.29, 1.82) is 0 Å². The highest BCUT2D eigenvalue weighted by Crippen LogP contribution is 2.23. The van der Waals surface area contributed by atoms with Crippen LogP contribution in [-0.4, -0.2) is 58.9 Å². The Hall–Kier alpha value is -2.45. The second-order valence-electron chi connectivity index (χ2n) is 7.59. The molecule has 1 saturated heterocycles. The molecule has 1 atom stereocenters. The molecule has 0 radical (unpaired) electrons. The van der Waals surface area contributed by atoms with Crippen molar-refractivity contribution in [2.75, 3.05) is 32.8 Å². The van der Waals surface area contributed by atoms with E-state index in [1.807, 2.05) is 7.05 Å². The first-order valence-corrected chi connectivity index (χ1v) is 9.47. The van der Waals surface area contributed by atoms with Crippen LogP contribution in [0, 0.1) is 5.82 Å². The van der Waals surface area contributed by atoms with Gasteiger partial charge < -0.3 is 19.9 Å². The summed E-state index contributed by atoms with van der Waals surface area (Å²) in [7, 11) is 1.82. The molecule has 2 heterocycles. The molecule has 2 aromatic rings. The van der Waals surface area contributed by atoms with Gasteiger partial charge in [0, 0.05) is 50.2 Å². The van der Waals surface area contributed by atoms with Gasteiger partial charge in [-0.1, -0.05) is 18.2 Å². The molecule has 1 aliphatic heterocycles. The molecule has 0 bridgehead atoms. The molecule has 0 aliphatic carbocycles. The van der Waals surface area contributed by atoms with E-state index in [0.29, 0.717) is 31.1 Å². The molecule has 1 aromatic carbocycles. The van der Waals surface area contributed by atoms with Crippen molar-refractivity contribution < 1.29 is 13.9 Å². The van der Waals surface area contributed by atoms with Gasteiger partial charge in [-0.15, -0.1) is 0 Å². The van der Waals surface area contributed by atoms with Crippen LogP contribution in [0.2, 0.25) is 0 Å². The summed E-state index contributed by atoms with van der Waals surface area (Å²) in [6.45, 7) is 7.71. The maximum Gasteiger partial charge on any atom is 0.315 e. The highest BCUT2D eigenvalue weighted by atomic mass is 19.1. The van der Waals surface area contributed by atoms with Crippen molar-refractivity contribution in [2.24, 2.45) is 7.05 Å². The fourth-order valence-electron chi connectivity index (χ4n) is 3.41. The Morgan fingerprint density at radius 2 is 2.04 bits per heavy atom. The van der Waals surface area contributed by atoms with E-state index in [0.717, 1.165) is 13.1 Å². The minimum absolute atomic E-state index is 0.210. The molecule has 1 fully saturated rings. The first-order valence-electron chi connectivity index (χ1n) is 9.47. The lowest BCUT2D eigenvalue weighted by Gasteiger charge is -2.40. The smallest absolute Gasteiger partial charge is 0.315 e. The fraction of sp³-hybridized carbons (Fsp3) is 0.500. The number of ether oxygens (including phenoxy) is 1. The number of carbonyl (C=O) groups excluding carboxylic acids is 1. The SMILES string of the molecule is Cn1ccnc1C(NC(=O)NCC(C)(C)N1CCOCC1)c1ccccc1F. The van der Waals surface area contributed by atoms with E-state index < -0.39 is 6.04 Å². The third-order valence-corrected chi connectivity index (χ3v) is 5.16. The van der Waals surface area contributed by atoms with Gasteiger partial charge in [-0.3, -0.25) is 4.90 Å². The van der Waals surface area contributed by atoms with Crippen LogP contribution in [0.15, 0.2) is 36.7 Å². The van der Waals surface area contributed by atoms with Gasteiger partial charge in [0.2, 0.25) is 0 Å². The summed E-state index contributed by atoms with van der Waals surface area (Å²) in [5.74, 6) is 0.178. The molecule has 2 amide bonds. The number of carbonyl (C=O) groups is 1. The number of morpholine rings is 1. The summed E-state index contributed by atoms with van der Waals surface area (Å²) >= 11 is 0. The summed E-state index contributed by atoms with van der Waals surface area (Å²) in [5.41, 5.74) is 0.164. The lowest BCUT2D eigenvalue weighted by molar-refractivity contribution is -0.00876. The number of imidazole rings is 1. The van der Waals surface area contributed by atoms with Crippen LogP contribution in [0.5, 0.6) is 0 Å². The number of nitrogens with zero attached hydrogens (tertiary/aromatic N) is 3. The number of urea groups is 1. The van der Waals surface area contributed by atoms with Crippen LogP contribution in [0.3, 0.4) is 0 Å². The van der Waals surface area contributed by atoms with Gasteiger partial charge >= 0.3 is 6.03 Å². The van der Waals surface area contributed by atoms with Gasteiger partial charge in [-0.2, -0.15) is 0 Å². The lowest BCUT2D eigenvalue weighted by Crippen LogP contribution is -2.56. The van der Waals surface area contributed by atoms with Crippen LogP contribution in [-0.2, 0) is 11.8 Å². The van der Waals surface area contributed by atoms with E-state index in [-0.39, 0.29) is 17.4 Å². The number of nitrogens with one attached hydrogen (secondary N) is 2. The van der Waals surface area contributed by atoms with Crippen molar-refractivity contribution in [1.82, 2.24) is 25.1 Å². The van der Waals surface area contributed by atoms with Crippen molar-refractivity contribution in [3.05, 3.63) is 53.9 Å². The van der Waals surface area contributed by atoms with Crippen molar-refractivity contribution in [3.8, 4) is 0 Å². The molecule has 3 rings (SSSR count). The molecule has 0 spiro atoms. The third-order valence-electron chi connectivity index (χ3n) is 5.16. The lowest BCUT2D eigenvalue weighted by atomic mass is 10.0. The molecule has 2 N–H and O–H groups in total. The number of aromatic nitrogens is 2. The quantitative estimate of drug-likeness (QED) is 0.793. The highest BCUT2D eigenvalue weighted by molar-refractivity contribution is 5.75. The Morgan fingerprint density at radius 3 is 2.68 bits per heavy atom. The Kier molecular flexibility index (Phi) is 6.31. The first-order chi connectivity index (χ1) is 13.4. The van der Waals surface area contributed by atoms with Gasteiger partial charge in [0.1, 0.15) is 17.7 Å². The minimum Gasteiger partial charge on any atom is -0.379 e. The highest BCUT2D eigenvalue weighted by Gasteiger charge is 2.29. The molecule has 8 heteroatoms. The molecule has 1 aliphatic rings. The average Bonchev–Trinajstić information content (AvgIpc) is 3.12. The van der Waals surface area contributed by atoms with Gasteiger partial charge in [-0.25, -0.2) is 14.2 Å². The first kappa shape index (κ1) is 20.3. The molecular weight excluding hydrogens is 361 g/mol. The molecule has 152 valence electrons. The molecule has 1 unspecified atom stereocenters. The minimum atomic E-state index is -0.687. The van der Waals surface area contributed by atoms with E-state index in [2.05, 4.69) is 34.4 Å². The number of benzene rings is 1. The van der Waals surface area contributed by atoms with Crippen LogP contribution >= 0.6 is 0 Å². The summed E-state index contributed by atoms with van der Waals surface area (Å²) in [5, 5.41) is 5.81. The zero-order valence-electron chi connectivity index (χ0n) is 16.6. The van der Waals surface area contributed by atoms with E-state index in [9.17, 15) is 9.18 Å². The Balaban J connectivity index is 1.70. The Labute approximate surface area is 164 Å². The summed E-state index contributed by atoms with van der Waals surface area (Å²) in [4.78, 5) is 19.2. The number of hydrogen-bond donors (Lipinski definition) is 2. The predicted molar refractivity (Wildman–Crippen MR) is 104 cm³/mol. The maximum absolute atomic E-state index is 14.4. The topological polar surface area (TPSA) is 71.4 Å². The molecule has 7 nitrogen and oxygen atoms in total. The second kappa shape index (κ2) is 8.70. The normalized spacial score (nSPS) is 16.6. The summed E-state index contributed by atoms with van der Waals surface area (Å²) in [6.07, 6.45) is 3.40. The largest absolute Gasteiger partial charge is 0.379 e. The van der Waals surface area contributed by atoms with Crippen molar-refractivity contribution in [2.45, 2.75) is 25.4 Å². The van der Waals surface area contributed by atoms with E-state index in [4.69, 9.17) is 4.74 Å². The van der Waals surface area contributed by atoms with Crippen LogP contribution in [0.1, 0.15) is 31.3 Å². The van der Waals surface area contributed by atoms with Crippen LogP contribution < -0.4 is 10.6 Å². The predicted octanol–water partition coefficient (Wildman–Crippen LogP) is 2.06. The van der Waals surface area contributed by atoms with Gasteiger partial charge in [0.05, 0.1) is 13.2 Å². The van der Waals surface area contributed by atoms with Gasteiger partial charge in [0.15, 0.2) is 0 Å². The zero-order chi connectivity index (χ0) is 20.1. The average molecular weight is 389 g/mol. The number of aryl methyl sites for hydroxylation is 1. The third kappa shape index (κ3) is 4.69. The fourth-order valence-corrected chi connectivity index (χ4v) is 3.41. The van der Waals surface area contributed by atoms with E-state index in [1.54, 1.807) is 35.2 Å². The Bertz CT molecular complexity index is 801. The maximum atomic E-state index is 14.4. The van der Waals surface area contributed by atoms with Crippen LogP contribution in [0.25, 0.3) is 0 Å². The van der Waals surface area contributed by atoms with Gasteiger partial charge in [0.25, 0.3) is 0 Å². The number of amides is 2. The molecule has 28 heavy (non-hydrogen) atoms. The number of rotatable bonds is 6. The second-order valence-corrected chi connectivity index (χ2v) is 7.59. The monoisotopic (exact) mass is 389 g/mol. The summed E-state index contributed by atoms with van der Waals surface area (Å²) < 4.78 is 21.6. The van der Waals surface area contributed by atoms with Crippen molar-refractivity contribution in [3.63, 3.8) is 0 Å². The summed E-state index contributed by atoms with van der Waals surface area (Å²) in [6, 6.07) is 5.36. The van der Waals surface area contributed by atoms with Gasteiger partial charge in [-0.05, 0) is 19.9 Å².